The molecular formula is C17H16F3N5O2. The number of methoxy groups -OCH3 is 1. The van der Waals surface area contributed by atoms with E-state index in [2.05, 4.69) is 20.3 Å². The number of anilines is 1. The van der Waals surface area contributed by atoms with Crippen LogP contribution in [0.25, 0.3) is 16.9 Å². The molecular weight excluding hydrogens is 363 g/mol. The van der Waals surface area contributed by atoms with E-state index in [9.17, 15) is 18.0 Å². The molecule has 142 valence electrons. The SMILES string of the molecule is CCCC(=O)Nc1cnc(-n2c(C(F)(F)F)nc3cc(OC)ccc32)cn1. The maximum absolute atomic E-state index is 13.5. The van der Waals surface area contributed by atoms with E-state index in [1.165, 1.54) is 31.5 Å². The Morgan fingerprint density at radius 2 is 2.04 bits per heavy atom. The molecule has 7 nitrogen and oxygen atoms in total. The fraction of sp³-hybridized carbons (Fsp3) is 0.294. The molecule has 1 amide bonds. The van der Waals surface area contributed by atoms with E-state index in [1.54, 1.807) is 0 Å². The van der Waals surface area contributed by atoms with Crippen LogP contribution in [0.4, 0.5) is 19.0 Å². The summed E-state index contributed by atoms with van der Waals surface area (Å²) in [6, 6.07) is 4.41. The van der Waals surface area contributed by atoms with Gasteiger partial charge in [-0.1, -0.05) is 6.92 Å². The van der Waals surface area contributed by atoms with Crippen LogP contribution in [0.2, 0.25) is 0 Å². The Balaban J connectivity index is 2.05. The first kappa shape index (κ1) is 18.6. The van der Waals surface area contributed by atoms with Gasteiger partial charge in [0.15, 0.2) is 11.6 Å². The molecule has 0 unspecified atom stereocenters. The number of carbonyl (C=O) groups excluding carboxylic acids is 1. The smallest absolute Gasteiger partial charge is 0.450 e. The molecule has 3 rings (SSSR count). The quantitative estimate of drug-likeness (QED) is 0.733. The van der Waals surface area contributed by atoms with Crippen molar-refractivity contribution < 1.29 is 22.7 Å². The van der Waals surface area contributed by atoms with Crippen molar-refractivity contribution in [1.82, 2.24) is 19.5 Å². The first-order valence-corrected chi connectivity index (χ1v) is 8.09. The lowest BCUT2D eigenvalue weighted by atomic mass is 10.3. The minimum Gasteiger partial charge on any atom is -0.497 e. The summed E-state index contributed by atoms with van der Waals surface area (Å²) in [5.41, 5.74) is 0.323. The largest absolute Gasteiger partial charge is 0.497 e. The number of benzene rings is 1. The fourth-order valence-electron chi connectivity index (χ4n) is 2.54. The van der Waals surface area contributed by atoms with Crippen molar-refractivity contribution in [1.29, 1.82) is 0 Å². The predicted octanol–water partition coefficient (Wildman–Crippen LogP) is 3.58. The molecule has 2 heterocycles. The highest BCUT2D eigenvalue weighted by Crippen LogP contribution is 2.34. The van der Waals surface area contributed by atoms with E-state index in [4.69, 9.17) is 4.74 Å². The summed E-state index contributed by atoms with van der Waals surface area (Å²) in [7, 11) is 1.42. The number of halogens is 3. The van der Waals surface area contributed by atoms with E-state index >= 15 is 0 Å². The van der Waals surface area contributed by atoms with Crippen LogP contribution in [0, 0.1) is 0 Å². The molecule has 3 aromatic rings. The minimum atomic E-state index is -4.69. The molecule has 1 N–H and O–H groups in total. The molecule has 0 spiro atoms. The number of aromatic nitrogens is 4. The predicted molar refractivity (Wildman–Crippen MR) is 91.8 cm³/mol. The highest BCUT2D eigenvalue weighted by Gasteiger charge is 2.38. The van der Waals surface area contributed by atoms with Crippen molar-refractivity contribution in [3.8, 4) is 11.6 Å². The van der Waals surface area contributed by atoms with Crippen LogP contribution in [-0.2, 0) is 11.0 Å². The molecule has 0 aliphatic carbocycles. The van der Waals surface area contributed by atoms with Crippen LogP contribution >= 0.6 is 0 Å². The number of amides is 1. The molecule has 10 heteroatoms. The zero-order valence-electron chi connectivity index (χ0n) is 14.5. The monoisotopic (exact) mass is 379 g/mol. The molecule has 0 fully saturated rings. The van der Waals surface area contributed by atoms with Crippen LogP contribution in [0.15, 0.2) is 30.6 Å². The van der Waals surface area contributed by atoms with Crippen LogP contribution in [0.1, 0.15) is 25.6 Å². The Hall–Kier alpha value is -3.17. The van der Waals surface area contributed by atoms with E-state index in [0.717, 1.165) is 10.8 Å². The van der Waals surface area contributed by atoms with E-state index in [-0.39, 0.29) is 28.6 Å². The van der Waals surface area contributed by atoms with Gasteiger partial charge in [0, 0.05) is 12.5 Å². The first-order chi connectivity index (χ1) is 12.8. The van der Waals surface area contributed by atoms with Gasteiger partial charge in [-0.05, 0) is 18.6 Å². The average Bonchev–Trinajstić information content (AvgIpc) is 3.01. The highest BCUT2D eigenvalue weighted by atomic mass is 19.4. The normalized spacial score (nSPS) is 11.6. The van der Waals surface area contributed by atoms with Crippen molar-refractivity contribution in [3.63, 3.8) is 0 Å². The van der Waals surface area contributed by atoms with Gasteiger partial charge in [-0.25, -0.2) is 15.0 Å². The molecule has 27 heavy (non-hydrogen) atoms. The second kappa shape index (κ2) is 7.22. The summed E-state index contributed by atoms with van der Waals surface area (Å²) < 4.78 is 46.3. The number of carbonyl (C=O) groups is 1. The Morgan fingerprint density at radius 3 is 2.63 bits per heavy atom. The third-order valence-corrected chi connectivity index (χ3v) is 3.73. The number of rotatable bonds is 5. The van der Waals surface area contributed by atoms with E-state index in [0.29, 0.717) is 18.6 Å². The van der Waals surface area contributed by atoms with Crippen molar-refractivity contribution in [2.24, 2.45) is 0 Å². The lowest BCUT2D eigenvalue weighted by Crippen LogP contribution is -2.16. The molecule has 1 aromatic carbocycles. The summed E-state index contributed by atoms with van der Waals surface area (Å²) in [4.78, 5) is 23.3. The lowest BCUT2D eigenvalue weighted by molar-refractivity contribution is -0.145. The van der Waals surface area contributed by atoms with Gasteiger partial charge in [-0.2, -0.15) is 13.2 Å². The third kappa shape index (κ3) is 3.83. The van der Waals surface area contributed by atoms with Gasteiger partial charge in [0.25, 0.3) is 0 Å². The summed E-state index contributed by atoms with van der Waals surface area (Å²) in [5, 5.41) is 2.54. The standard InChI is InChI=1S/C17H16F3N5O2/c1-3-4-15(26)24-13-8-22-14(9-21-13)25-12-6-5-10(27-2)7-11(12)23-16(25)17(18,19)20/h5-9H,3-4H2,1-2H3,(H,21,24,26). The average molecular weight is 379 g/mol. The second-order valence-corrected chi connectivity index (χ2v) is 5.68. The zero-order chi connectivity index (χ0) is 19.6. The Labute approximate surface area is 152 Å². The van der Waals surface area contributed by atoms with Crippen LogP contribution in [-0.4, -0.2) is 32.5 Å². The number of fused-ring (bicyclic) bond motifs is 1. The maximum Gasteiger partial charge on any atom is 0.450 e. The van der Waals surface area contributed by atoms with Gasteiger partial charge in [0.1, 0.15) is 5.75 Å². The zero-order valence-corrected chi connectivity index (χ0v) is 14.5. The molecule has 0 saturated heterocycles. The van der Waals surface area contributed by atoms with Crippen molar-refractivity contribution in [3.05, 3.63) is 36.4 Å². The highest BCUT2D eigenvalue weighted by molar-refractivity contribution is 5.89. The van der Waals surface area contributed by atoms with Gasteiger partial charge in [0.05, 0.1) is 30.5 Å². The molecule has 0 atom stereocenters. The van der Waals surface area contributed by atoms with Crippen LogP contribution < -0.4 is 10.1 Å². The number of nitrogens with one attached hydrogen (secondary N) is 1. The van der Waals surface area contributed by atoms with Gasteiger partial charge in [0.2, 0.25) is 11.7 Å². The fourth-order valence-corrected chi connectivity index (χ4v) is 2.54. The Kier molecular flexibility index (Phi) is 4.98. The van der Waals surface area contributed by atoms with Crippen molar-refractivity contribution in [2.45, 2.75) is 25.9 Å². The summed E-state index contributed by atoms with van der Waals surface area (Å²) in [5.74, 6) is -0.875. The molecule has 0 aliphatic rings. The number of nitrogens with zero attached hydrogens (tertiary/aromatic N) is 4. The third-order valence-electron chi connectivity index (χ3n) is 3.73. The maximum atomic E-state index is 13.5. The number of ether oxygens (including phenoxy) is 1. The van der Waals surface area contributed by atoms with Gasteiger partial charge in [-0.3, -0.25) is 9.36 Å². The summed E-state index contributed by atoms with van der Waals surface area (Å²) in [6.07, 6.45) is -1.35. The first-order valence-electron chi connectivity index (χ1n) is 8.09. The van der Waals surface area contributed by atoms with Crippen molar-refractivity contribution in [2.75, 3.05) is 12.4 Å². The van der Waals surface area contributed by atoms with Gasteiger partial charge in [-0.15, -0.1) is 0 Å². The van der Waals surface area contributed by atoms with E-state index in [1.807, 2.05) is 6.92 Å². The van der Waals surface area contributed by atoms with E-state index < -0.39 is 12.0 Å². The second-order valence-electron chi connectivity index (χ2n) is 5.68. The Morgan fingerprint density at radius 1 is 1.26 bits per heavy atom. The van der Waals surface area contributed by atoms with Gasteiger partial charge >= 0.3 is 6.18 Å². The molecule has 2 aromatic heterocycles. The molecule has 0 bridgehead atoms. The lowest BCUT2D eigenvalue weighted by Gasteiger charge is -2.11. The number of imidazole rings is 1. The Bertz CT molecular complexity index is 967. The molecule has 0 radical (unpaired) electrons. The van der Waals surface area contributed by atoms with Crippen LogP contribution in [0.5, 0.6) is 5.75 Å². The number of hydrogen-bond donors (Lipinski definition) is 1. The number of hydrogen-bond acceptors (Lipinski definition) is 5. The topological polar surface area (TPSA) is 81.9 Å². The minimum absolute atomic E-state index is 0.0662. The van der Waals surface area contributed by atoms with Crippen molar-refractivity contribution >= 4 is 22.8 Å². The molecule has 0 saturated carbocycles. The summed E-state index contributed by atoms with van der Waals surface area (Å²) >= 11 is 0. The van der Waals surface area contributed by atoms with Crippen LogP contribution in [0.3, 0.4) is 0 Å². The summed E-state index contributed by atoms with van der Waals surface area (Å²) in [6.45, 7) is 1.85. The number of alkyl halides is 3. The van der Waals surface area contributed by atoms with Gasteiger partial charge < -0.3 is 10.1 Å². The molecule has 0 aliphatic heterocycles.